The lowest BCUT2D eigenvalue weighted by atomic mass is 9.99. The first kappa shape index (κ1) is 28.4. The third-order valence-corrected chi connectivity index (χ3v) is 8.10. The monoisotopic (exact) mass is 554 g/mol. The average molecular weight is 555 g/mol. The molecule has 0 saturated carbocycles. The summed E-state index contributed by atoms with van der Waals surface area (Å²) in [6, 6.07) is 18.0. The third-order valence-electron chi connectivity index (χ3n) is 6.66. The van der Waals surface area contributed by atoms with Gasteiger partial charge in [-0.1, -0.05) is 43.3 Å². The van der Waals surface area contributed by atoms with Crippen LogP contribution in [-0.4, -0.2) is 36.9 Å². The van der Waals surface area contributed by atoms with E-state index in [-0.39, 0.29) is 49.9 Å². The lowest BCUT2D eigenvalue weighted by molar-refractivity contribution is -0.135. The summed E-state index contributed by atoms with van der Waals surface area (Å²) in [4.78, 5) is 21.7. The Morgan fingerprint density at radius 2 is 1.89 bits per heavy atom. The van der Waals surface area contributed by atoms with Gasteiger partial charge < -0.3 is 4.98 Å². The van der Waals surface area contributed by atoms with Crippen LogP contribution in [0.2, 0.25) is 0 Å². The van der Waals surface area contributed by atoms with E-state index in [1.54, 1.807) is 35.2 Å². The zero-order valence-corrected chi connectivity index (χ0v) is 23.2. The second-order valence-electron chi connectivity index (χ2n) is 9.05. The minimum atomic E-state index is -3.81. The fourth-order valence-electron chi connectivity index (χ4n) is 4.89. The molecule has 0 unspecified atom stereocenters. The lowest BCUT2D eigenvalue weighted by Gasteiger charge is -2.20. The fraction of sp³-hybridized carbons (Fsp3) is 0.259. The minimum absolute atomic E-state index is 0. The van der Waals surface area contributed by atoms with Crippen LogP contribution in [0, 0.1) is 12.5 Å². The first-order valence-corrected chi connectivity index (χ1v) is 13.1. The van der Waals surface area contributed by atoms with Crippen LogP contribution in [-0.2, 0) is 21.2 Å². The molecule has 0 radical (unpaired) electrons. The highest BCUT2D eigenvalue weighted by molar-refractivity contribution is 7.93. The summed E-state index contributed by atoms with van der Waals surface area (Å²) >= 11 is 0. The number of nitrogens with zero attached hydrogens (tertiary/aromatic N) is 2. The smallest absolute Gasteiger partial charge is 0.300 e. The topological polar surface area (TPSA) is 86.6 Å². The predicted octanol–water partition coefficient (Wildman–Crippen LogP) is 5.39. The van der Waals surface area contributed by atoms with Gasteiger partial charge in [0, 0.05) is 47.1 Å². The fourth-order valence-corrected chi connectivity index (χ4v) is 6.17. The molecular formula is C27H30N4O3S3. The molecule has 4 aromatic rings. The van der Waals surface area contributed by atoms with E-state index < -0.39 is 10.0 Å². The summed E-state index contributed by atoms with van der Waals surface area (Å²) in [5.41, 5.74) is 2.26. The molecule has 1 aliphatic heterocycles. The summed E-state index contributed by atoms with van der Waals surface area (Å²) in [6.07, 6.45) is 3.60. The molecule has 2 N–H and O–H groups in total. The summed E-state index contributed by atoms with van der Waals surface area (Å²) in [7, 11) is -3.81. The van der Waals surface area contributed by atoms with E-state index in [1.165, 1.54) is 0 Å². The van der Waals surface area contributed by atoms with Gasteiger partial charge in [0.2, 0.25) is 5.91 Å². The number of likely N-dealkylation sites (tertiary alicyclic amines) is 1. The van der Waals surface area contributed by atoms with Gasteiger partial charge in [-0.2, -0.15) is 27.0 Å². The Kier molecular flexibility index (Phi) is 8.84. The van der Waals surface area contributed by atoms with E-state index in [4.69, 9.17) is 6.57 Å². The van der Waals surface area contributed by atoms with Crippen molar-refractivity contribution < 1.29 is 13.2 Å². The van der Waals surface area contributed by atoms with Gasteiger partial charge in [0.15, 0.2) is 0 Å². The van der Waals surface area contributed by atoms with Gasteiger partial charge >= 0.3 is 6.17 Å². The first-order chi connectivity index (χ1) is 16.9. The quantitative estimate of drug-likeness (QED) is 0.313. The molecule has 2 heterocycles. The zero-order valence-electron chi connectivity index (χ0n) is 20.4. The number of H-pyrrole nitrogens is 1. The van der Waals surface area contributed by atoms with Gasteiger partial charge in [0.25, 0.3) is 10.0 Å². The van der Waals surface area contributed by atoms with Crippen LogP contribution in [0.15, 0.2) is 71.8 Å². The lowest BCUT2D eigenvalue weighted by Crippen LogP contribution is -2.38. The summed E-state index contributed by atoms with van der Waals surface area (Å²) in [6.45, 7) is 9.85. The molecule has 1 aromatic heterocycles. The molecule has 1 aliphatic rings. The van der Waals surface area contributed by atoms with Gasteiger partial charge in [0.1, 0.15) is 0 Å². The highest BCUT2D eigenvalue weighted by Crippen LogP contribution is 2.29. The molecule has 0 spiro atoms. The van der Waals surface area contributed by atoms with Crippen LogP contribution in [0.3, 0.4) is 0 Å². The zero-order chi connectivity index (χ0) is 24.6. The number of aromatic amines is 1. The molecule has 7 nitrogen and oxygen atoms in total. The molecule has 3 aromatic carbocycles. The van der Waals surface area contributed by atoms with E-state index in [1.807, 2.05) is 43.5 Å². The maximum atomic E-state index is 13.3. The van der Waals surface area contributed by atoms with Gasteiger partial charge in [-0.05, 0) is 48.1 Å². The Morgan fingerprint density at radius 3 is 2.68 bits per heavy atom. The molecule has 37 heavy (non-hydrogen) atoms. The molecule has 5 rings (SSSR count). The summed E-state index contributed by atoms with van der Waals surface area (Å²) < 4.78 is 29.2. The highest BCUT2D eigenvalue weighted by atomic mass is 32.2. The summed E-state index contributed by atoms with van der Waals surface area (Å²) in [5, 5.41) is 2.39. The van der Waals surface area contributed by atoms with Crippen molar-refractivity contribution in [3.8, 4) is 0 Å². The number of carbonyl (C=O) groups excluding carboxylic acids is 1. The van der Waals surface area contributed by atoms with Crippen molar-refractivity contribution in [1.29, 1.82) is 0 Å². The maximum Gasteiger partial charge on any atom is 0.300 e. The van der Waals surface area contributed by atoms with Crippen molar-refractivity contribution >= 4 is 70.3 Å². The Labute approximate surface area is 231 Å². The van der Waals surface area contributed by atoms with Crippen molar-refractivity contribution in [1.82, 2.24) is 9.88 Å². The number of carbonyl (C=O) groups is 1. The van der Waals surface area contributed by atoms with Crippen LogP contribution < -0.4 is 4.72 Å². The van der Waals surface area contributed by atoms with Gasteiger partial charge in [0.05, 0.1) is 4.90 Å². The van der Waals surface area contributed by atoms with E-state index >= 15 is 0 Å². The van der Waals surface area contributed by atoms with Crippen LogP contribution in [0.1, 0.15) is 25.3 Å². The number of fused-ring (bicyclic) bond motifs is 2. The van der Waals surface area contributed by atoms with Crippen LogP contribution in [0.5, 0.6) is 0 Å². The maximum absolute atomic E-state index is 13.3. The number of sulfonamides is 1. The molecule has 2 atom stereocenters. The Bertz CT molecular complexity index is 1570. The molecule has 1 amide bonds. The second-order valence-corrected chi connectivity index (χ2v) is 10.7. The third kappa shape index (κ3) is 5.59. The first-order valence-electron chi connectivity index (χ1n) is 11.6. The normalized spacial score (nSPS) is 16.0. The highest BCUT2D eigenvalue weighted by Gasteiger charge is 2.35. The molecule has 194 valence electrons. The molecule has 0 aliphatic carbocycles. The van der Waals surface area contributed by atoms with Gasteiger partial charge in [-0.25, -0.2) is 15.0 Å². The van der Waals surface area contributed by atoms with Crippen molar-refractivity contribution in [2.75, 3.05) is 11.3 Å². The average Bonchev–Trinajstić information content (AvgIpc) is 3.50. The number of nitrogens with one attached hydrogen (secondary N) is 2. The summed E-state index contributed by atoms with van der Waals surface area (Å²) in [5.74, 6) is -0.293. The number of anilines is 1. The van der Waals surface area contributed by atoms with Crippen LogP contribution in [0.4, 0.5) is 5.69 Å². The predicted molar refractivity (Wildman–Crippen MR) is 158 cm³/mol. The second kappa shape index (κ2) is 11.5. The van der Waals surface area contributed by atoms with Crippen molar-refractivity contribution in [2.24, 2.45) is 5.92 Å². The minimum Gasteiger partial charge on any atom is -0.361 e. The van der Waals surface area contributed by atoms with E-state index in [0.717, 1.165) is 34.7 Å². The van der Waals surface area contributed by atoms with Gasteiger partial charge in [-0.3, -0.25) is 19.3 Å². The Morgan fingerprint density at radius 1 is 1.14 bits per heavy atom. The molecule has 10 heteroatoms. The standard InChI is InChI=1S/C27H26N4O3S.2H2S/c1-18(27(32)31-14-6-11-26(31)28-2)15-20-17-29-24-13-12-21(16-23(20)24)30-35(33,34)25-10-5-8-19-7-3-4-9-22(19)25;;/h3-5,7-10,12-13,16-18,26,29-30H,6,11,14-15H2,1H3;2*1H2/t18-,26-;;/m0../s1. The van der Waals surface area contributed by atoms with E-state index in [0.29, 0.717) is 24.0 Å². The van der Waals surface area contributed by atoms with Crippen LogP contribution in [0.25, 0.3) is 26.5 Å². The number of hydrogen-bond donors (Lipinski definition) is 2. The van der Waals surface area contributed by atoms with Gasteiger partial charge in [-0.15, -0.1) is 0 Å². The Hall–Kier alpha value is -3.13. The number of rotatable bonds is 6. The number of hydrogen-bond acceptors (Lipinski definition) is 3. The number of benzene rings is 3. The molecular weight excluding hydrogens is 525 g/mol. The SMILES string of the molecule is S.S.[C-]#[N+][C@@H]1CCCN1C(=O)[C@@H](C)Cc1c[nH]c2ccc(NS(=O)(=O)c3cccc4ccccc34)cc12. The van der Waals surface area contributed by atoms with Crippen molar-refractivity contribution in [2.45, 2.75) is 37.2 Å². The van der Waals surface area contributed by atoms with E-state index in [9.17, 15) is 13.2 Å². The molecule has 1 saturated heterocycles. The van der Waals surface area contributed by atoms with E-state index in [2.05, 4.69) is 14.6 Å². The number of amides is 1. The Balaban J connectivity index is 0.00000190. The van der Waals surface area contributed by atoms with Crippen molar-refractivity contribution in [3.63, 3.8) is 0 Å². The largest absolute Gasteiger partial charge is 0.361 e. The molecule has 0 bridgehead atoms. The van der Waals surface area contributed by atoms with Crippen molar-refractivity contribution in [3.05, 3.63) is 83.8 Å². The van der Waals surface area contributed by atoms with Crippen LogP contribution >= 0.6 is 27.0 Å². The molecule has 1 fully saturated rings. The number of aromatic nitrogens is 1.